The van der Waals surface area contributed by atoms with Gasteiger partial charge in [-0.15, -0.1) is 0 Å². The minimum Gasteiger partial charge on any atom is -0.366 e. The van der Waals surface area contributed by atoms with Crippen molar-refractivity contribution >= 4 is 13.7 Å². The second-order valence-corrected chi connectivity index (χ2v) is 3.41. The molecule has 5 N–H and O–H groups in total. The van der Waals surface area contributed by atoms with E-state index in [9.17, 15) is 9.18 Å². The summed E-state index contributed by atoms with van der Waals surface area (Å²) in [4.78, 5) is 32.0. The first-order valence-corrected chi connectivity index (χ1v) is 5.10. The van der Waals surface area contributed by atoms with E-state index < -0.39 is 19.5 Å². The van der Waals surface area contributed by atoms with Gasteiger partial charge in [0, 0.05) is 5.56 Å². The lowest BCUT2D eigenvalue weighted by Crippen LogP contribution is -2.10. The van der Waals surface area contributed by atoms with Crippen LogP contribution in [0.5, 0.6) is 0 Å². The van der Waals surface area contributed by atoms with Crippen LogP contribution in [0.15, 0.2) is 24.3 Å². The van der Waals surface area contributed by atoms with Crippen molar-refractivity contribution in [3.63, 3.8) is 0 Å². The lowest BCUT2D eigenvalue weighted by molar-refractivity contribution is 0.0999. The zero-order chi connectivity index (χ0) is 12.1. The van der Waals surface area contributed by atoms with Gasteiger partial charge in [0.2, 0.25) is 5.91 Å². The zero-order valence-electron chi connectivity index (χ0n) is 7.37. The third kappa shape index (κ3) is 9.04. The van der Waals surface area contributed by atoms with E-state index in [1.54, 1.807) is 0 Å². The molecular formula is C7H9FNO5P. The Morgan fingerprint density at radius 3 is 2.07 bits per heavy atom. The van der Waals surface area contributed by atoms with E-state index in [4.69, 9.17) is 25.0 Å². The van der Waals surface area contributed by atoms with Gasteiger partial charge in [0.1, 0.15) is 5.82 Å². The summed E-state index contributed by atoms with van der Waals surface area (Å²) in [5.41, 5.74) is 5.07. The van der Waals surface area contributed by atoms with Crippen LogP contribution in [-0.2, 0) is 4.57 Å². The highest BCUT2D eigenvalue weighted by atomic mass is 31.2. The van der Waals surface area contributed by atoms with E-state index in [2.05, 4.69) is 0 Å². The van der Waals surface area contributed by atoms with Gasteiger partial charge < -0.3 is 20.4 Å². The number of carbonyl (C=O) groups is 1. The third-order valence-electron chi connectivity index (χ3n) is 1.11. The second kappa shape index (κ2) is 5.57. The van der Waals surface area contributed by atoms with Crippen molar-refractivity contribution in [3.05, 3.63) is 35.6 Å². The number of hydrogen-bond acceptors (Lipinski definition) is 2. The minimum atomic E-state index is -4.64. The minimum absolute atomic E-state index is 0.194. The first-order valence-electron chi connectivity index (χ1n) is 3.54. The molecule has 0 spiro atoms. The number of nitrogens with two attached hydrogens (primary N) is 1. The van der Waals surface area contributed by atoms with Gasteiger partial charge in [-0.05, 0) is 18.2 Å². The Morgan fingerprint density at radius 1 is 1.33 bits per heavy atom. The summed E-state index contributed by atoms with van der Waals surface area (Å²) in [5.74, 6) is -1.06. The lowest BCUT2D eigenvalue weighted by atomic mass is 10.2. The molecule has 1 rings (SSSR count). The van der Waals surface area contributed by atoms with Gasteiger partial charge in [-0.3, -0.25) is 4.79 Å². The van der Waals surface area contributed by atoms with Gasteiger partial charge in [0.25, 0.3) is 0 Å². The molecule has 0 radical (unpaired) electrons. The fourth-order valence-corrected chi connectivity index (χ4v) is 0.642. The largest absolute Gasteiger partial charge is 0.466 e. The third-order valence-corrected chi connectivity index (χ3v) is 1.11. The van der Waals surface area contributed by atoms with E-state index in [1.807, 2.05) is 0 Å². The molecular weight excluding hydrogens is 228 g/mol. The molecule has 0 aliphatic carbocycles. The summed E-state index contributed by atoms with van der Waals surface area (Å²) in [5, 5.41) is 0. The van der Waals surface area contributed by atoms with Gasteiger partial charge in [0.15, 0.2) is 0 Å². The van der Waals surface area contributed by atoms with E-state index in [0.717, 1.165) is 6.07 Å². The predicted octanol–water partition coefficient (Wildman–Crippen LogP) is -0.00400. The molecule has 0 aromatic heterocycles. The van der Waals surface area contributed by atoms with Crippen LogP contribution in [-0.4, -0.2) is 20.6 Å². The van der Waals surface area contributed by atoms with Crippen molar-refractivity contribution in [1.29, 1.82) is 0 Å². The summed E-state index contributed by atoms with van der Waals surface area (Å²) in [6.45, 7) is 0. The molecule has 0 aliphatic heterocycles. The van der Waals surface area contributed by atoms with Crippen molar-refractivity contribution in [3.8, 4) is 0 Å². The average molecular weight is 237 g/mol. The highest BCUT2D eigenvalue weighted by molar-refractivity contribution is 7.45. The lowest BCUT2D eigenvalue weighted by Gasteiger charge is -1.92. The molecule has 0 saturated heterocycles. The van der Waals surface area contributed by atoms with Crippen molar-refractivity contribution in [2.24, 2.45) is 5.73 Å². The molecule has 84 valence electrons. The molecule has 8 heteroatoms. The number of primary amides is 1. The zero-order valence-corrected chi connectivity index (χ0v) is 8.26. The molecule has 0 fully saturated rings. The van der Waals surface area contributed by atoms with E-state index in [0.29, 0.717) is 0 Å². The van der Waals surface area contributed by atoms with Gasteiger partial charge in [0.05, 0.1) is 0 Å². The van der Waals surface area contributed by atoms with Crippen LogP contribution < -0.4 is 5.73 Å². The van der Waals surface area contributed by atoms with E-state index in [1.165, 1.54) is 18.2 Å². The first kappa shape index (κ1) is 13.7. The van der Waals surface area contributed by atoms with Gasteiger partial charge in [-0.1, -0.05) is 6.07 Å². The van der Waals surface area contributed by atoms with Gasteiger partial charge >= 0.3 is 7.82 Å². The first-order chi connectivity index (χ1) is 6.70. The molecule has 6 nitrogen and oxygen atoms in total. The molecule has 1 aromatic rings. The van der Waals surface area contributed by atoms with Crippen LogP contribution in [0.4, 0.5) is 4.39 Å². The standard InChI is InChI=1S/C7H6FNO.H3O4P/c8-6-3-1-2-5(4-6)7(9)10;1-5(2,3)4/h1-4H,(H2,9,10);(H3,1,2,3,4). The molecule has 1 aromatic carbocycles. The molecule has 0 atom stereocenters. The average Bonchev–Trinajstić information content (AvgIpc) is 2.00. The van der Waals surface area contributed by atoms with Gasteiger partial charge in [-0.25, -0.2) is 8.96 Å². The maximum Gasteiger partial charge on any atom is 0.466 e. The number of hydrogen-bond donors (Lipinski definition) is 4. The van der Waals surface area contributed by atoms with Crippen molar-refractivity contribution in [2.75, 3.05) is 0 Å². The highest BCUT2D eigenvalue weighted by Crippen LogP contribution is 2.25. The summed E-state index contributed by atoms with van der Waals surface area (Å²) < 4.78 is 21.2. The fraction of sp³-hybridized carbons (Fsp3) is 0. The maximum atomic E-state index is 12.3. The summed E-state index contributed by atoms with van der Waals surface area (Å²) >= 11 is 0. The second-order valence-electron chi connectivity index (χ2n) is 2.39. The van der Waals surface area contributed by atoms with Crippen LogP contribution in [0.1, 0.15) is 10.4 Å². The molecule has 0 unspecified atom stereocenters. The van der Waals surface area contributed by atoms with Crippen LogP contribution in [0.25, 0.3) is 0 Å². The predicted molar refractivity (Wildman–Crippen MR) is 49.2 cm³/mol. The number of halogens is 1. The van der Waals surface area contributed by atoms with Crippen LogP contribution in [0, 0.1) is 5.82 Å². The molecule has 0 aliphatic rings. The Labute approximate surface area is 84.4 Å². The fourth-order valence-electron chi connectivity index (χ4n) is 0.642. The summed E-state index contributed by atoms with van der Waals surface area (Å²) in [6.07, 6.45) is 0. The molecule has 1 amide bonds. The summed E-state index contributed by atoms with van der Waals surface area (Å²) in [7, 11) is -4.64. The smallest absolute Gasteiger partial charge is 0.366 e. The highest BCUT2D eigenvalue weighted by Gasteiger charge is 2.00. The van der Waals surface area contributed by atoms with Crippen LogP contribution >= 0.6 is 7.82 Å². The van der Waals surface area contributed by atoms with Crippen molar-refractivity contribution in [1.82, 2.24) is 0 Å². The number of rotatable bonds is 1. The number of benzene rings is 1. The normalized spacial score (nSPS) is 10.1. The quantitative estimate of drug-likeness (QED) is 0.512. The Morgan fingerprint density at radius 2 is 1.80 bits per heavy atom. The SMILES string of the molecule is NC(=O)c1cccc(F)c1.O=P(O)(O)O. The Hall–Kier alpha value is -1.27. The monoisotopic (exact) mass is 237 g/mol. The van der Waals surface area contributed by atoms with Crippen LogP contribution in [0.3, 0.4) is 0 Å². The Kier molecular flexibility index (Phi) is 5.10. The number of carbonyl (C=O) groups excluding carboxylic acids is 1. The molecule has 0 bridgehead atoms. The van der Waals surface area contributed by atoms with Crippen molar-refractivity contribution < 1.29 is 28.4 Å². The topological polar surface area (TPSA) is 121 Å². The molecule has 0 saturated carbocycles. The Bertz CT molecular complexity index is 382. The van der Waals surface area contributed by atoms with Crippen LogP contribution in [0.2, 0.25) is 0 Å². The Balaban J connectivity index is 0.000000336. The molecule has 15 heavy (non-hydrogen) atoms. The summed E-state index contributed by atoms with van der Waals surface area (Å²) in [6, 6.07) is 5.26. The number of phosphoric acid groups is 1. The maximum absolute atomic E-state index is 12.3. The molecule has 0 heterocycles. The van der Waals surface area contributed by atoms with Gasteiger partial charge in [-0.2, -0.15) is 0 Å². The number of amides is 1. The van der Waals surface area contributed by atoms with E-state index in [-0.39, 0.29) is 5.56 Å². The van der Waals surface area contributed by atoms with E-state index >= 15 is 0 Å². The van der Waals surface area contributed by atoms with Crippen molar-refractivity contribution in [2.45, 2.75) is 0 Å².